The van der Waals surface area contributed by atoms with E-state index in [9.17, 15) is 0 Å². The molecule has 2 aliphatic carbocycles. The van der Waals surface area contributed by atoms with Crippen LogP contribution < -0.4 is 4.90 Å². The van der Waals surface area contributed by atoms with Gasteiger partial charge in [0.25, 0.3) is 0 Å². The van der Waals surface area contributed by atoms with Crippen molar-refractivity contribution in [3.63, 3.8) is 0 Å². The third-order valence-electron chi connectivity index (χ3n) is 11.4. The van der Waals surface area contributed by atoms with Gasteiger partial charge in [0.15, 0.2) is 0 Å². The lowest BCUT2D eigenvalue weighted by Gasteiger charge is -2.32. The standard InChI is InChI=1S/C39H33N.C13H11N/c1-39(2)35-17-10-9-16-34(35)38-36(39)18-11-19-37(38)40(32-24-20-30(21-25-32)28-12-5-3-6-13-28)33-26-22-31(23-27-33)29-14-7-4-8-15-29;1-14-12-8-4-2-6-10(12)11-7-3-5-9-13(11)14/h3-22,24-26H,23,27H2,1-2H3;2-9H,1H3. The highest BCUT2D eigenvalue weighted by Crippen LogP contribution is 2.54. The summed E-state index contributed by atoms with van der Waals surface area (Å²) in [5.41, 5.74) is 17.0. The minimum atomic E-state index is -0.0356. The minimum absolute atomic E-state index is 0.0356. The molecule has 0 spiro atoms. The van der Waals surface area contributed by atoms with E-state index >= 15 is 0 Å². The van der Waals surface area contributed by atoms with E-state index in [2.05, 4.69) is 218 Å². The van der Waals surface area contributed by atoms with E-state index in [1.54, 1.807) is 0 Å². The smallest absolute Gasteiger partial charge is 0.0540 e. The zero-order chi connectivity index (χ0) is 36.6. The van der Waals surface area contributed by atoms with Crippen LogP contribution in [-0.4, -0.2) is 4.57 Å². The molecule has 0 amide bonds. The van der Waals surface area contributed by atoms with Gasteiger partial charge < -0.3 is 9.47 Å². The van der Waals surface area contributed by atoms with E-state index in [0.29, 0.717) is 0 Å². The number of fused-ring (bicyclic) bond motifs is 6. The molecule has 0 fully saturated rings. The Kier molecular flexibility index (Phi) is 8.60. The molecule has 0 radical (unpaired) electrons. The lowest BCUT2D eigenvalue weighted by molar-refractivity contribution is 0.660. The Balaban J connectivity index is 0.000000229. The van der Waals surface area contributed by atoms with Crippen LogP contribution in [0.15, 0.2) is 194 Å². The first-order valence-electron chi connectivity index (χ1n) is 19.1. The predicted molar refractivity (Wildman–Crippen MR) is 230 cm³/mol. The summed E-state index contributed by atoms with van der Waals surface area (Å²) in [5, 5.41) is 2.68. The van der Waals surface area contributed by atoms with Gasteiger partial charge in [-0.2, -0.15) is 0 Å². The fourth-order valence-electron chi connectivity index (χ4n) is 8.64. The van der Waals surface area contributed by atoms with Gasteiger partial charge >= 0.3 is 0 Å². The lowest BCUT2D eigenvalue weighted by Crippen LogP contribution is -2.19. The summed E-state index contributed by atoms with van der Waals surface area (Å²) in [6, 6.07) is 63.3. The minimum Gasteiger partial charge on any atom is -0.344 e. The molecule has 54 heavy (non-hydrogen) atoms. The largest absolute Gasteiger partial charge is 0.344 e. The number of aryl methyl sites for hydroxylation is 1. The molecule has 2 aliphatic rings. The second-order valence-electron chi connectivity index (χ2n) is 14.9. The van der Waals surface area contributed by atoms with E-state index in [1.807, 2.05) is 0 Å². The summed E-state index contributed by atoms with van der Waals surface area (Å²) in [5.74, 6) is 0. The van der Waals surface area contributed by atoms with E-state index < -0.39 is 0 Å². The van der Waals surface area contributed by atoms with Crippen molar-refractivity contribution in [2.24, 2.45) is 7.05 Å². The number of aromatic nitrogens is 1. The summed E-state index contributed by atoms with van der Waals surface area (Å²) in [6.45, 7) is 4.71. The van der Waals surface area contributed by atoms with Crippen LogP contribution >= 0.6 is 0 Å². The average molecular weight is 697 g/mol. The van der Waals surface area contributed by atoms with E-state index in [0.717, 1.165) is 12.8 Å². The maximum absolute atomic E-state index is 2.50. The van der Waals surface area contributed by atoms with Crippen LogP contribution in [0.25, 0.3) is 49.6 Å². The zero-order valence-corrected chi connectivity index (χ0v) is 31.2. The van der Waals surface area contributed by atoms with Crippen LogP contribution in [0.3, 0.4) is 0 Å². The second-order valence-corrected chi connectivity index (χ2v) is 14.9. The fourth-order valence-corrected chi connectivity index (χ4v) is 8.64. The van der Waals surface area contributed by atoms with Crippen LogP contribution in [0.5, 0.6) is 0 Å². The topological polar surface area (TPSA) is 8.17 Å². The molecule has 2 heteroatoms. The summed E-state index contributed by atoms with van der Waals surface area (Å²) in [4.78, 5) is 2.50. The van der Waals surface area contributed by atoms with Gasteiger partial charge in [-0.3, -0.25) is 0 Å². The summed E-state index contributed by atoms with van der Waals surface area (Å²) >= 11 is 0. The van der Waals surface area contributed by atoms with Crippen molar-refractivity contribution in [2.45, 2.75) is 32.1 Å². The number of hydrogen-bond acceptors (Lipinski definition) is 1. The van der Waals surface area contributed by atoms with Crippen molar-refractivity contribution < 1.29 is 0 Å². The number of anilines is 2. The maximum Gasteiger partial charge on any atom is 0.0540 e. The highest BCUT2D eigenvalue weighted by atomic mass is 15.2. The number of benzene rings is 7. The molecule has 0 saturated carbocycles. The Hall–Kier alpha value is -6.38. The van der Waals surface area contributed by atoms with E-state index in [-0.39, 0.29) is 5.41 Å². The summed E-state index contributed by atoms with van der Waals surface area (Å²) < 4.78 is 2.24. The van der Waals surface area contributed by atoms with Gasteiger partial charge in [-0.1, -0.05) is 166 Å². The summed E-state index contributed by atoms with van der Waals surface area (Å²) in [7, 11) is 2.12. The van der Waals surface area contributed by atoms with Crippen molar-refractivity contribution in [1.82, 2.24) is 4.57 Å². The highest BCUT2D eigenvalue weighted by molar-refractivity contribution is 6.07. The molecule has 0 unspecified atom stereocenters. The molecule has 2 nitrogen and oxygen atoms in total. The Morgan fingerprint density at radius 1 is 0.481 bits per heavy atom. The van der Waals surface area contributed by atoms with Gasteiger partial charge in [0.05, 0.1) is 5.69 Å². The monoisotopic (exact) mass is 696 g/mol. The van der Waals surface area contributed by atoms with Crippen LogP contribution in [0.2, 0.25) is 0 Å². The molecule has 1 heterocycles. The molecule has 0 aliphatic heterocycles. The molecule has 10 rings (SSSR count). The molecule has 262 valence electrons. The number of allylic oxidation sites excluding steroid dienone is 4. The Morgan fingerprint density at radius 2 is 1.04 bits per heavy atom. The molecule has 1 aromatic heterocycles. The van der Waals surface area contributed by atoms with Crippen LogP contribution in [0, 0.1) is 0 Å². The molecule has 8 aromatic rings. The first-order chi connectivity index (χ1) is 26.5. The highest BCUT2D eigenvalue weighted by Gasteiger charge is 2.37. The predicted octanol–water partition coefficient (Wildman–Crippen LogP) is 13.9. The van der Waals surface area contributed by atoms with Gasteiger partial charge in [0, 0.05) is 51.2 Å². The molecule has 0 bridgehead atoms. The molecular formula is C52H44N2. The van der Waals surface area contributed by atoms with Crippen molar-refractivity contribution in [1.29, 1.82) is 0 Å². The van der Waals surface area contributed by atoms with Crippen LogP contribution in [0.4, 0.5) is 11.4 Å². The lowest BCUT2D eigenvalue weighted by atomic mass is 9.82. The van der Waals surface area contributed by atoms with E-state index in [1.165, 1.54) is 83.4 Å². The first-order valence-corrected chi connectivity index (χ1v) is 19.1. The van der Waals surface area contributed by atoms with Crippen LogP contribution in [0.1, 0.15) is 43.4 Å². The third kappa shape index (κ3) is 5.85. The van der Waals surface area contributed by atoms with Crippen molar-refractivity contribution in [3.8, 4) is 22.3 Å². The van der Waals surface area contributed by atoms with Crippen molar-refractivity contribution in [3.05, 3.63) is 210 Å². The van der Waals surface area contributed by atoms with Gasteiger partial charge in [0.1, 0.15) is 0 Å². The fraction of sp³-hybridized carbons (Fsp3) is 0.115. The van der Waals surface area contributed by atoms with Gasteiger partial charge in [0.2, 0.25) is 0 Å². The molecule has 0 saturated heterocycles. The van der Waals surface area contributed by atoms with Crippen molar-refractivity contribution >= 4 is 38.8 Å². The third-order valence-corrected chi connectivity index (χ3v) is 11.4. The molecule has 7 aromatic carbocycles. The Labute approximate surface area is 319 Å². The van der Waals surface area contributed by atoms with Gasteiger partial charge in [-0.25, -0.2) is 0 Å². The quantitative estimate of drug-likeness (QED) is 0.174. The van der Waals surface area contributed by atoms with Crippen molar-refractivity contribution in [2.75, 3.05) is 4.90 Å². The first kappa shape index (κ1) is 33.5. The van der Waals surface area contributed by atoms with Crippen LogP contribution in [-0.2, 0) is 12.5 Å². The number of nitrogens with zero attached hydrogens (tertiary/aromatic N) is 2. The normalized spacial score (nSPS) is 14.1. The Bertz CT molecular complexity index is 2620. The number of hydrogen-bond donors (Lipinski definition) is 0. The number of rotatable bonds is 5. The van der Waals surface area contributed by atoms with E-state index in [4.69, 9.17) is 0 Å². The SMILES string of the molecule is CC1(C)c2ccccc2-c2c(N(C3=CC=C(c4ccccc4)CC3)c3ccc(-c4ccccc4)cc3)cccc21.Cn1c2ccccc2c2ccccc21. The Morgan fingerprint density at radius 3 is 1.69 bits per heavy atom. The molecule has 0 N–H and O–H groups in total. The number of para-hydroxylation sites is 2. The molecular weight excluding hydrogens is 653 g/mol. The second kappa shape index (κ2) is 13.9. The maximum atomic E-state index is 2.50. The van der Waals surface area contributed by atoms with Gasteiger partial charge in [-0.05, 0) is 88.2 Å². The zero-order valence-electron chi connectivity index (χ0n) is 31.2. The summed E-state index contributed by atoms with van der Waals surface area (Å²) in [6.07, 6.45) is 6.66. The molecule has 0 atom stereocenters. The average Bonchev–Trinajstić information content (AvgIpc) is 3.66. The van der Waals surface area contributed by atoms with Gasteiger partial charge in [-0.15, -0.1) is 0 Å².